The fraction of sp³-hybridized carbons (Fsp3) is 0.889. The van der Waals surface area contributed by atoms with Crippen LogP contribution in [0.4, 0.5) is 0 Å². The summed E-state index contributed by atoms with van der Waals surface area (Å²) in [6.45, 7) is 7.21. The number of nitriles is 1. The van der Waals surface area contributed by atoms with Gasteiger partial charge in [0.1, 0.15) is 0 Å². The van der Waals surface area contributed by atoms with Crippen LogP contribution in [-0.4, -0.2) is 19.1 Å². The van der Waals surface area contributed by atoms with Crippen LogP contribution in [0, 0.1) is 16.7 Å². The summed E-state index contributed by atoms with van der Waals surface area (Å²) < 4.78 is 0. The van der Waals surface area contributed by atoms with E-state index in [0.717, 1.165) is 6.42 Å². The van der Waals surface area contributed by atoms with Crippen LogP contribution in [0.3, 0.4) is 0 Å². The highest BCUT2D eigenvalue weighted by molar-refractivity contribution is 4.92. The van der Waals surface area contributed by atoms with Crippen LogP contribution < -0.4 is 5.32 Å². The Hall–Kier alpha value is -1.24. The maximum Gasteiger partial charge on any atom is 0.0958 e. The van der Waals surface area contributed by atoms with E-state index >= 15 is 0 Å². The van der Waals surface area contributed by atoms with Crippen LogP contribution in [-0.2, 0) is 0 Å². The van der Waals surface area contributed by atoms with Crippen molar-refractivity contribution in [3.05, 3.63) is 10.4 Å². The molecule has 5 heteroatoms. The molecule has 14 heavy (non-hydrogen) atoms. The Labute approximate surface area is 84.7 Å². The minimum Gasteiger partial charge on any atom is -0.302 e. The summed E-state index contributed by atoms with van der Waals surface area (Å²) in [7, 11) is 0. The zero-order valence-electron chi connectivity index (χ0n) is 8.99. The minimum absolute atomic E-state index is 0.131. The van der Waals surface area contributed by atoms with Gasteiger partial charge in [0, 0.05) is 18.0 Å². The Morgan fingerprint density at radius 3 is 2.64 bits per heavy atom. The van der Waals surface area contributed by atoms with E-state index in [9.17, 15) is 0 Å². The zero-order chi connectivity index (χ0) is 11.0. The Balaban J connectivity index is 3.82. The molecule has 78 valence electrons. The molecule has 0 aliphatic heterocycles. The molecule has 0 fully saturated rings. The molecule has 0 bridgehead atoms. The third kappa shape index (κ3) is 7.41. The topological polar surface area (TPSA) is 84.6 Å². The van der Waals surface area contributed by atoms with E-state index in [2.05, 4.69) is 42.2 Å². The molecule has 1 unspecified atom stereocenters. The van der Waals surface area contributed by atoms with Crippen molar-refractivity contribution in [2.24, 2.45) is 10.5 Å². The predicted octanol–water partition coefficient (Wildman–Crippen LogP) is 2.21. The third-order valence-corrected chi connectivity index (χ3v) is 1.64. The van der Waals surface area contributed by atoms with Gasteiger partial charge in [0.25, 0.3) is 0 Å². The monoisotopic (exact) mass is 195 g/mol. The molecular weight excluding hydrogens is 178 g/mol. The number of nitrogens with one attached hydrogen (secondary N) is 1. The first-order valence-corrected chi connectivity index (χ1v) is 4.63. The van der Waals surface area contributed by atoms with E-state index in [1.165, 1.54) is 0 Å². The van der Waals surface area contributed by atoms with Gasteiger partial charge in [0.05, 0.1) is 12.1 Å². The summed E-state index contributed by atoms with van der Waals surface area (Å²) in [5.74, 6) is 0. The molecule has 0 aromatic rings. The first-order chi connectivity index (χ1) is 6.49. The van der Waals surface area contributed by atoms with Crippen molar-refractivity contribution in [1.29, 1.82) is 5.26 Å². The van der Waals surface area contributed by atoms with Crippen LogP contribution in [0.25, 0.3) is 10.4 Å². The fourth-order valence-electron chi connectivity index (χ4n) is 1.11. The Kier molecular flexibility index (Phi) is 5.70. The number of azide groups is 1. The third-order valence-electron chi connectivity index (χ3n) is 1.64. The lowest BCUT2D eigenvalue weighted by Gasteiger charge is -2.21. The summed E-state index contributed by atoms with van der Waals surface area (Å²) in [5, 5.41) is 15.2. The lowest BCUT2D eigenvalue weighted by Crippen LogP contribution is -2.33. The largest absolute Gasteiger partial charge is 0.302 e. The molecular formula is C9H17N5. The summed E-state index contributed by atoms with van der Waals surface area (Å²) in [6.07, 6.45) is 0.791. The summed E-state index contributed by atoms with van der Waals surface area (Å²) in [6, 6.07) is 2.03. The number of hydrogen-bond acceptors (Lipinski definition) is 3. The van der Waals surface area contributed by atoms with E-state index in [0.29, 0.717) is 13.1 Å². The van der Waals surface area contributed by atoms with Gasteiger partial charge in [0.15, 0.2) is 0 Å². The van der Waals surface area contributed by atoms with Crippen LogP contribution in [0.15, 0.2) is 5.11 Å². The fourth-order valence-corrected chi connectivity index (χ4v) is 1.11. The minimum atomic E-state index is -0.163. The van der Waals surface area contributed by atoms with Crippen molar-refractivity contribution in [2.75, 3.05) is 13.1 Å². The Morgan fingerprint density at radius 1 is 1.57 bits per heavy atom. The SMILES string of the molecule is CC(C)(C)CC(C#N)NCCN=[N+]=[N-]. The zero-order valence-corrected chi connectivity index (χ0v) is 8.99. The molecule has 0 aromatic heterocycles. The number of nitrogens with zero attached hydrogens (tertiary/aromatic N) is 4. The average molecular weight is 195 g/mol. The first-order valence-electron chi connectivity index (χ1n) is 4.63. The second kappa shape index (κ2) is 6.25. The maximum absolute atomic E-state index is 8.83. The molecule has 0 aliphatic carbocycles. The Morgan fingerprint density at radius 2 is 2.21 bits per heavy atom. The maximum atomic E-state index is 8.83. The number of hydrogen-bond donors (Lipinski definition) is 1. The van der Waals surface area contributed by atoms with Crippen molar-refractivity contribution in [2.45, 2.75) is 33.2 Å². The molecule has 0 amide bonds. The first kappa shape index (κ1) is 12.8. The highest BCUT2D eigenvalue weighted by Gasteiger charge is 2.17. The van der Waals surface area contributed by atoms with Gasteiger partial charge >= 0.3 is 0 Å². The van der Waals surface area contributed by atoms with E-state index in [4.69, 9.17) is 10.8 Å². The van der Waals surface area contributed by atoms with Gasteiger partial charge in [-0.15, -0.1) is 0 Å². The van der Waals surface area contributed by atoms with Crippen molar-refractivity contribution in [3.8, 4) is 6.07 Å². The van der Waals surface area contributed by atoms with Crippen molar-refractivity contribution in [1.82, 2.24) is 5.32 Å². The second-order valence-corrected chi connectivity index (χ2v) is 4.36. The van der Waals surface area contributed by atoms with E-state index in [1.54, 1.807) is 0 Å². The lowest BCUT2D eigenvalue weighted by molar-refractivity contribution is 0.340. The molecule has 1 atom stereocenters. The van der Waals surface area contributed by atoms with Gasteiger partial charge in [-0.2, -0.15) is 5.26 Å². The Bertz CT molecular complexity index is 241. The van der Waals surface area contributed by atoms with Gasteiger partial charge in [0.2, 0.25) is 0 Å². The molecule has 0 spiro atoms. The second-order valence-electron chi connectivity index (χ2n) is 4.36. The van der Waals surface area contributed by atoms with Gasteiger partial charge in [-0.1, -0.05) is 25.9 Å². The van der Waals surface area contributed by atoms with Crippen molar-refractivity contribution in [3.63, 3.8) is 0 Å². The molecule has 0 saturated heterocycles. The molecule has 5 nitrogen and oxygen atoms in total. The van der Waals surface area contributed by atoms with E-state index in [1.807, 2.05) is 0 Å². The van der Waals surface area contributed by atoms with Crippen LogP contribution in [0.2, 0.25) is 0 Å². The van der Waals surface area contributed by atoms with E-state index in [-0.39, 0.29) is 11.5 Å². The molecule has 0 rings (SSSR count). The molecule has 0 aromatic carbocycles. The molecule has 1 N–H and O–H groups in total. The predicted molar refractivity (Wildman–Crippen MR) is 55.5 cm³/mol. The lowest BCUT2D eigenvalue weighted by atomic mass is 9.88. The van der Waals surface area contributed by atoms with Gasteiger partial charge in [-0.25, -0.2) is 0 Å². The van der Waals surface area contributed by atoms with Gasteiger partial charge < -0.3 is 5.32 Å². The van der Waals surface area contributed by atoms with Crippen LogP contribution >= 0.6 is 0 Å². The van der Waals surface area contributed by atoms with Crippen LogP contribution in [0.1, 0.15) is 27.2 Å². The number of rotatable bonds is 5. The molecule has 0 radical (unpaired) electrons. The summed E-state index contributed by atoms with van der Waals surface area (Å²) in [4.78, 5) is 2.64. The average Bonchev–Trinajstić information content (AvgIpc) is 2.08. The smallest absolute Gasteiger partial charge is 0.0958 e. The standard InChI is InChI=1S/C9H17N5/c1-9(2,3)6-8(7-10)12-4-5-13-14-11/h8,12H,4-6H2,1-3H3. The molecule has 0 heterocycles. The van der Waals surface area contributed by atoms with Crippen molar-refractivity contribution < 1.29 is 0 Å². The molecule has 0 saturated carbocycles. The summed E-state index contributed by atoms with van der Waals surface area (Å²) >= 11 is 0. The van der Waals surface area contributed by atoms with Crippen molar-refractivity contribution >= 4 is 0 Å². The van der Waals surface area contributed by atoms with Gasteiger partial charge in [-0.3, -0.25) is 0 Å². The highest BCUT2D eigenvalue weighted by Crippen LogP contribution is 2.20. The van der Waals surface area contributed by atoms with Crippen LogP contribution in [0.5, 0.6) is 0 Å². The highest BCUT2D eigenvalue weighted by atomic mass is 15.1. The van der Waals surface area contributed by atoms with E-state index < -0.39 is 0 Å². The quantitative estimate of drug-likeness (QED) is 0.315. The van der Waals surface area contributed by atoms with Gasteiger partial charge in [-0.05, 0) is 17.4 Å². The summed E-state index contributed by atoms with van der Waals surface area (Å²) in [5.41, 5.74) is 8.17. The molecule has 0 aliphatic rings. The normalized spacial score (nSPS) is 12.7.